The molecule has 1 N–H and O–H groups in total. The lowest BCUT2D eigenvalue weighted by Crippen LogP contribution is -2.38. The van der Waals surface area contributed by atoms with Gasteiger partial charge in [-0.15, -0.1) is 0 Å². The standard InChI is InChI=1S/C22H19BrClFN2O5S/c1-31-20-10-8-17(12-21(20)32-2)33(29,30)27(16-7-9-19(25)18(24)11-16)13-22(28)26-15-5-3-14(23)4-6-15/h3-12H,13H2,1-2H3,(H,26,28). The Labute approximate surface area is 204 Å². The zero-order valence-electron chi connectivity index (χ0n) is 17.5. The second-order valence-electron chi connectivity index (χ2n) is 6.68. The molecule has 0 radical (unpaired) electrons. The maximum Gasteiger partial charge on any atom is 0.264 e. The number of nitrogens with one attached hydrogen (secondary N) is 1. The van der Waals surface area contributed by atoms with Gasteiger partial charge in [0.05, 0.1) is 29.8 Å². The molecule has 0 atom stereocenters. The molecule has 0 aromatic heterocycles. The average molecular weight is 558 g/mol. The van der Waals surface area contributed by atoms with E-state index in [1.54, 1.807) is 24.3 Å². The van der Waals surface area contributed by atoms with Gasteiger partial charge in [0.25, 0.3) is 10.0 Å². The van der Waals surface area contributed by atoms with Crippen LogP contribution < -0.4 is 19.1 Å². The van der Waals surface area contributed by atoms with Gasteiger partial charge in [-0.2, -0.15) is 0 Å². The first kappa shape index (κ1) is 24.8. The Balaban J connectivity index is 2.01. The van der Waals surface area contributed by atoms with Gasteiger partial charge in [0.1, 0.15) is 12.4 Å². The monoisotopic (exact) mass is 556 g/mol. The van der Waals surface area contributed by atoms with Crippen LogP contribution in [0.25, 0.3) is 0 Å². The molecular weight excluding hydrogens is 539 g/mol. The van der Waals surface area contributed by atoms with Gasteiger partial charge in [-0.05, 0) is 54.6 Å². The third-order valence-corrected chi connectivity index (χ3v) is 7.14. The van der Waals surface area contributed by atoms with Crippen LogP contribution in [0.15, 0.2) is 70.0 Å². The summed E-state index contributed by atoms with van der Waals surface area (Å²) < 4.78 is 52.8. The first-order valence-corrected chi connectivity index (χ1v) is 12.0. The molecule has 33 heavy (non-hydrogen) atoms. The molecule has 1 amide bonds. The molecule has 0 aliphatic heterocycles. The smallest absolute Gasteiger partial charge is 0.264 e. The molecule has 7 nitrogen and oxygen atoms in total. The molecule has 0 unspecified atom stereocenters. The van der Waals surface area contributed by atoms with Crippen molar-refractivity contribution in [1.29, 1.82) is 0 Å². The van der Waals surface area contributed by atoms with Crippen LogP contribution in [0.3, 0.4) is 0 Å². The number of amides is 1. The molecule has 11 heteroatoms. The number of carbonyl (C=O) groups is 1. The van der Waals surface area contributed by atoms with Crippen molar-refractivity contribution in [2.24, 2.45) is 0 Å². The van der Waals surface area contributed by atoms with Gasteiger partial charge >= 0.3 is 0 Å². The van der Waals surface area contributed by atoms with Gasteiger partial charge in [0, 0.05) is 16.2 Å². The SMILES string of the molecule is COc1ccc(S(=O)(=O)N(CC(=O)Nc2ccc(Br)cc2)c2ccc(F)c(Cl)c2)cc1OC. The summed E-state index contributed by atoms with van der Waals surface area (Å²) in [5, 5.41) is 2.36. The van der Waals surface area contributed by atoms with Crippen molar-refractivity contribution in [2.75, 3.05) is 30.4 Å². The minimum atomic E-state index is -4.29. The highest BCUT2D eigenvalue weighted by atomic mass is 79.9. The van der Waals surface area contributed by atoms with E-state index in [0.717, 1.165) is 20.9 Å². The molecule has 0 bridgehead atoms. The Hall–Kier alpha value is -2.82. The van der Waals surface area contributed by atoms with Crippen LogP contribution in [0.1, 0.15) is 0 Å². The lowest BCUT2D eigenvalue weighted by atomic mass is 10.3. The predicted molar refractivity (Wildman–Crippen MR) is 128 cm³/mol. The van der Waals surface area contributed by atoms with Crippen LogP contribution >= 0.6 is 27.5 Å². The number of carbonyl (C=O) groups excluding carboxylic acids is 1. The minimum absolute atomic E-state index is 0.0159. The number of halogens is 3. The number of benzene rings is 3. The molecular formula is C22H19BrClFN2O5S. The first-order valence-electron chi connectivity index (χ1n) is 9.41. The van der Waals surface area contributed by atoms with E-state index < -0.39 is 28.3 Å². The van der Waals surface area contributed by atoms with E-state index in [9.17, 15) is 17.6 Å². The van der Waals surface area contributed by atoms with E-state index in [1.165, 1.54) is 38.5 Å². The summed E-state index contributed by atoms with van der Waals surface area (Å²) in [6.45, 7) is -0.589. The van der Waals surface area contributed by atoms with Crippen LogP contribution in [0.2, 0.25) is 5.02 Å². The molecule has 0 aliphatic rings. The van der Waals surface area contributed by atoms with Gasteiger partial charge in [-0.1, -0.05) is 27.5 Å². The van der Waals surface area contributed by atoms with Crippen molar-refractivity contribution < 1.29 is 27.1 Å². The summed E-state index contributed by atoms with van der Waals surface area (Å²) in [4.78, 5) is 12.6. The lowest BCUT2D eigenvalue weighted by Gasteiger charge is -2.25. The third kappa shape index (κ3) is 5.76. The average Bonchev–Trinajstić information content (AvgIpc) is 2.80. The largest absolute Gasteiger partial charge is 0.493 e. The van der Waals surface area contributed by atoms with Crippen molar-refractivity contribution in [2.45, 2.75) is 4.90 Å². The Morgan fingerprint density at radius 3 is 2.30 bits per heavy atom. The number of hydrogen-bond donors (Lipinski definition) is 1. The molecule has 0 aliphatic carbocycles. The molecule has 0 spiro atoms. The highest BCUT2D eigenvalue weighted by Gasteiger charge is 2.29. The quantitative estimate of drug-likeness (QED) is 0.417. The zero-order valence-corrected chi connectivity index (χ0v) is 20.7. The number of sulfonamides is 1. The summed E-state index contributed by atoms with van der Waals surface area (Å²) in [6, 6.07) is 14.2. The topological polar surface area (TPSA) is 84.9 Å². The fourth-order valence-electron chi connectivity index (χ4n) is 2.92. The van der Waals surface area contributed by atoms with Crippen LogP contribution in [-0.2, 0) is 14.8 Å². The highest BCUT2D eigenvalue weighted by molar-refractivity contribution is 9.10. The Kier molecular flexibility index (Phi) is 7.83. The Morgan fingerprint density at radius 2 is 1.70 bits per heavy atom. The van der Waals surface area contributed by atoms with E-state index in [4.69, 9.17) is 21.1 Å². The first-order chi connectivity index (χ1) is 15.6. The fourth-order valence-corrected chi connectivity index (χ4v) is 4.79. The van der Waals surface area contributed by atoms with Crippen LogP contribution in [0.4, 0.5) is 15.8 Å². The molecule has 0 fully saturated rings. The van der Waals surface area contributed by atoms with E-state index in [2.05, 4.69) is 21.2 Å². The van der Waals surface area contributed by atoms with Crippen molar-refractivity contribution in [3.05, 3.63) is 76.0 Å². The summed E-state index contributed by atoms with van der Waals surface area (Å²) in [7, 11) is -1.49. The van der Waals surface area contributed by atoms with Crippen molar-refractivity contribution in [1.82, 2.24) is 0 Å². The Morgan fingerprint density at radius 1 is 1.03 bits per heavy atom. The third-order valence-electron chi connectivity index (χ3n) is 4.55. The summed E-state index contributed by atoms with van der Waals surface area (Å²) in [5.74, 6) is -0.805. The van der Waals surface area contributed by atoms with E-state index >= 15 is 0 Å². The zero-order chi connectivity index (χ0) is 24.2. The second kappa shape index (κ2) is 10.4. The normalized spacial score (nSPS) is 11.1. The van der Waals surface area contributed by atoms with Crippen molar-refractivity contribution in [3.8, 4) is 11.5 Å². The molecule has 0 heterocycles. The lowest BCUT2D eigenvalue weighted by molar-refractivity contribution is -0.114. The number of rotatable bonds is 8. The van der Waals surface area contributed by atoms with Gasteiger partial charge in [0.2, 0.25) is 5.91 Å². The van der Waals surface area contributed by atoms with Crippen LogP contribution in [0.5, 0.6) is 11.5 Å². The number of nitrogens with zero attached hydrogens (tertiary/aromatic N) is 1. The molecule has 0 saturated carbocycles. The van der Waals surface area contributed by atoms with Crippen molar-refractivity contribution >= 4 is 54.8 Å². The molecule has 3 aromatic carbocycles. The maximum absolute atomic E-state index is 13.7. The molecule has 3 rings (SSSR count). The van der Waals surface area contributed by atoms with E-state index in [1.807, 2.05) is 0 Å². The fraction of sp³-hybridized carbons (Fsp3) is 0.136. The predicted octanol–water partition coefficient (Wildman–Crippen LogP) is 5.09. The van der Waals surface area contributed by atoms with Gasteiger partial charge in [-0.25, -0.2) is 12.8 Å². The summed E-state index contributed by atoms with van der Waals surface area (Å²) >= 11 is 9.19. The number of ether oxygens (including phenoxy) is 2. The van der Waals surface area contributed by atoms with Crippen LogP contribution in [-0.4, -0.2) is 35.1 Å². The van der Waals surface area contributed by atoms with Gasteiger partial charge < -0.3 is 14.8 Å². The van der Waals surface area contributed by atoms with Gasteiger partial charge in [0.15, 0.2) is 11.5 Å². The Bertz CT molecular complexity index is 1270. The molecule has 174 valence electrons. The second-order valence-corrected chi connectivity index (χ2v) is 9.87. The van der Waals surface area contributed by atoms with Crippen LogP contribution in [0, 0.1) is 5.82 Å². The number of hydrogen-bond acceptors (Lipinski definition) is 5. The highest BCUT2D eigenvalue weighted by Crippen LogP contribution is 2.33. The van der Waals surface area contributed by atoms with E-state index in [-0.39, 0.29) is 21.4 Å². The summed E-state index contributed by atoms with van der Waals surface area (Å²) in [5.41, 5.74) is 0.492. The summed E-state index contributed by atoms with van der Waals surface area (Å²) in [6.07, 6.45) is 0. The molecule has 0 saturated heterocycles. The maximum atomic E-state index is 13.7. The number of methoxy groups -OCH3 is 2. The van der Waals surface area contributed by atoms with Gasteiger partial charge in [-0.3, -0.25) is 9.10 Å². The minimum Gasteiger partial charge on any atom is -0.493 e. The molecule has 3 aromatic rings. The van der Waals surface area contributed by atoms with Crippen molar-refractivity contribution in [3.63, 3.8) is 0 Å². The number of anilines is 2. The van der Waals surface area contributed by atoms with E-state index in [0.29, 0.717) is 11.4 Å².